The van der Waals surface area contributed by atoms with Crippen molar-refractivity contribution >= 4 is 0 Å². The minimum Gasteiger partial charge on any atom is -0.374 e. The zero-order chi connectivity index (χ0) is 13.4. The Bertz CT molecular complexity index is 207. The predicted molar refractivity (Wildman–Crippen MR) is 79.0 cm³/mol. The molecule has 2 heteroatoms. The number of nitrogens with one attached hydrogen (secondary N) is 1. The van der Waals surface area contributed by atoms with Crippen LogP contribution in [0.3, 0.4) is 0 Å². The van der Waals surface area contributed by atoms with E-state index in [1.165, 1.54) is 44.9 Å². The van der Waals surface area contributed by atoms with Crippen LogP contribution in [0.5, 0.6) is 0 Å². The van der Waals surface area contributed by atoms with Gasteiger partial charge in [0.05, 0.1) is 12.2 Å². The highest BCUT2D eigenvalue weighted by molar-refractivity contribution is 4.84. The van der Waals surface area contributed by atoms with Crippen LogP contribution in [0.1, 0.15) is 72.6 Å². The van der Waals surface area contributed by atoms with E-state index in [1.807, 2.05) is 0 Å². The monoisotopic (exact) mass is 255 g/mol. The summed E-state index contributed by atoms with van der Waals surface area (Å²) in [5, 5.41) is 3.66. The summed E-state index contributed by atoms with van der Waals surface area (Å²) in [6.07, 6.45) is 10.1. The molecular weight excluding hydrogens is 222 g/mol. The van der Waals surface area contributed by atoms with E-state index in [-0.39, 0.29) is 0 Å². The average molecular weight is 255 g/mol. The molecular formula is C16H33NO. The Hall–Kier alpha value is -0.0800. The van der Waals surface area contributed by atoms with Gasteiger partial charge in [-0.15, -0.1) is 0 Å². The maximum atomic E-state index is 6.06. The molecule has 0 aromatic heterocycles. The summed E-state index contributed by atoms with van der Waals surface area (Å²) in [7, 11) is 0. The SMILES string of the molecule is CCCCC(CC)CC(NCC)C1CCC(C)O1. The van der Waals surface area contributed by atoms with Crippen LogP contribution in [0, 0.1) is 5.92 Å². The van der Waals surface area contributed by atoms with Crippen LogP contribution in [-0.2, 0) is 4.74 Å². The molecule has 108 valence electrons. The summed E-state index contributed by atoms with van der Waals surface area (Å²) < 4.78 is 6.06. The van der Waals surface area contributed by atoms with Gasteiger partial charge in [0.15, 0.2) is 0 Å². The molecule has 0 spiro atoms. The lowest BCUT2D eigenvalue weighted by Gasteiger charge is -2.28. The van der Waals surface area contributed by atoms with Crippen LogP contribution >= 0.6 is 0 Å². The second-order valence-corrected chi connectivity index (χ2v) is 5.88. The summed E-state index contributed by atoms with van der Waals surface area (Å²) in [6.45, 7) is 10.1. The van der Waals surface area contributed by atoms with Gasteiger partial charge in [0, 0.05) is 6.04 Å². The van der Waals surface area contributed by atoms with E-state index in [0.29, 0.717) is 18.2 Å². The zero-order valence-electron chi connectivity index (χ0n) is 12.9. The van der Waals surface area contributed by atoms with Gasteiger partial charge < -0.3 is 10.1 Å². The molecule has 1 aliphatic heterocycles. The first-order chi connectivity index (χ1) is 8.71. The minimum atomic E-state index is 0.454. The molecule has 1 rings (SSSR count). The maximum absolute atomic E-state index is 6.06. The molecule has 4 unspecified atom stereocenters. The molecule has 1 aliphatic rings. The largest absolute Gasteiger partial charge is 0.374 e. The number of unbranched alkanes of at least 4 members (excludes halogenated alkanes) is 1. The summed E-state index contributed by atoms with van der Waals surface area (Å²) in [6, 6.07) is 0.571. The van der Waals surface area contributed by atoms with Crippen molar-refractivity contribution in [1.82, 2.24) is 5.32 Å². The van der Waals surface area contributed by atoms with Crippen molar-refractivity contribution in [2.24, 2.45) is 5.92 Å². The Morgan fingerprint density at radius 2 is 2.00 bits per heavy atom. The number of ether oxygens (including phenoxy) is 1. The van der Waals surface area contributed by atoms with Crippen LogP contribution in [-0.4, -0.2) is 24.8 Å². The Balaban J connectivity index is 2.44. The summed E-state index contributed by atoms with van der Waals surface area (Å²) in [4.78, 5) is 0. The van der Waals surface area contributed by atoms with E-state index in [2.05, 4.69) is 33.0 Å². The van der Waals surface area contributed by atoms with Crippen molar-refractivity contribution in [1.29, 1.82) is 0 Å². The molecule has 0 radical (unpaired) electrons. The lowest BCUT2D eigenvalue weighted by atomic mass is 9.89. The van der Waals surface area contributed by atoms with E-state index in [9.17, 15) is 0 Å². The third kappa shape index (κ3) is 5.27. The molecule has 18 heavy (non-hydrogen) atoms. The lowest BCUT2D eigenvalue weighted by Crippen LogP contribution is -2.41. The smallest absolute Gasteiger partial charge is 0.0732 e. The first-order valence-electron chi connectivity index (χ1n) is 8.10. The molecule has 4 atom stereocenters. The van der Waals surface area contributed by atoms with E-state index < -0.39 is 0 Å². The van der Waals surface area contributed by atoms with Crippen molar-refractivity contribution in [3.63, 3.8) is 0 Å². The first kappa shape index (κ1) is 16.0. The van der Waals surface area contributed by atoms with E-state index >= 15 is 0 Å². The topological polar surface area (TPSA) is 21.3 Å². The van der Waals surface area contributed by atoms with Crippen molar-refractivity contribution in [2.75, 3.05) is 6.54 Å². The van der Waals surface area contributed by atoms with Gasteiger partial charge in [-0.3, -0.25) is 0 Å². The number of hydrogen-bond acceptors (Lipinski definition) is 2. The fraction of sp³-hybridized carbons (Fsp3) is 1.00. The Morgan fingerprint density at radius 3 is 2.50 bits per heavy atom. The van der Waals surface area contributed by atoms with Crippen molar-refractivity contribution in [3.05, 3.63) is 0 Å². The Morgan fingerprint density at radius 1 is 1.22 bits per heavy atom. The van der Waals surface area contributed by atoms with Gasteiger partial charge >= 0.3 is 0 Å². The molecule has 0 saturated carbocycles. The van der Waals surface area contributed by atoms with Crippen LogP contribution < -0.4 is 5.32 Å². The number of hydrogen-bond donors (Lipinski definition) is 1. The van der Waals surface area contributed by atoms with Crippen molar-refractivity contribution in [3.8, 4) is 0 Å². The molecule has 1 heterocycles. The van der Waals surface area contributed by atoms with Gasteiger partial charge in [0.25, 0.3) is 0 Å². The zero-order valence-corrected chi connectivity index (χ0v) is 12.9. The minimum absolute atomic E-state index is 0.454. The molecule has 1 N–H and O–H groups in total. The fourth-order valence-electron chi connectivity index (χ4n) is 3.10. The standard InChI is InChI=1S/C16H33NO/c1-5-8-9-14(6-2)12-15(17-7-3)16-11-10-13(4)18-16/h13-17H,5-12H2,1-4H3. The van der Waals surface area contributed by atoms with Gasteiger partial charge in [-0.05, 0) is 38.6 Å². The van der Waals surface area contributed by atoms with E-state index in [0.717, 1.165) is 12.5 Å². The van der Waals surface area contributed by atoms with Gasteiger partial charge in [-0.25, -0.2) is 0 Å². The molecule has 0 aliphatic carbocycles. The fourth-order valence-corrected chi connectivity index (χ4v) is 3.10. The second kappa shape index (κ2) is 8.92. The van der Waals surface area contributed by atoms with Crippen LogP contribution in [0.25, 0.3) is 0 Å². The first-order valence-corrected chi connectivity index (χ1v) is 8.10. The Labute approximate surface area is 114 Å². The van der Waals surface area contributed by atoms with Gasteiger partial charge in [0.2, 0.25) is 0 Å². The molecule has 1 fully saturated rings. The van der Waals surface area contributed by atoms with Crippen molar-refractivity contribution in [2.45, 2.75) is 90.9 Å². The molecule has 0 aromatic rings. The maximum Gasteiger partial charge on any atom is 0.0732 e. The third-order valence-electron chi connectivity index (χ3n) is 4.31. The Kier molecular flexibility index (Phi) is 7.92. The molecule has 0 bridgehead atoms. The summed E-state index contributed by atoms with van der Waals surface area (Å²) in [5.74, 6) is 0.869. The summed E-state index contributed by atoms with van der Waals surface area (Å²) in [5.41, 5.74) is 0. The molecule has 0 amide bonds. The lowest BCUT2D eigenvalue weighted by molar-refractivity contribution is 0.0260. The number of likely N-dealkylation sites (N-methyl/N-ethyl adjacent to an activating group) is 1. The van der Waals surface area contributed by atoms with E-state index in [1.54, 1.807) is 0 Å². The van der Waals surface area contributed by atoms with Crippen molar-refractivity contribution < 1.29 is 4.74 Å². The summed E-state index contributed by atoms with van der Waals surface area (Å²) >= 11 is 0. The highest BCUT2D eigenvalue weighted by Gasteiger charge is 2.30. The highest BCUT2D eigenvalue weighted by Crippen LogP contribution is 2.27. The van der Waals surface area contributed by atoms with Crippen LogP contribution in [0.15, 0.2) is 0 Å². The third-order valence-corrected chi connectivity index (χ3v) is 4.31. The molecule has 2 nitrogen and oxygen atoms in total. The van der Waals surface area contributed by atoms with Gasteiger partial charge in [-0.2, -0.15) is 0 Å². The quantitative estimate of drug-likeness (QED) is 0.668. The van der Waals surface area contributed by atoms with Crippen LogP contribution in [0.2, 0.25) is 0 Å². The molecule has 1 saturated heterocycles. The van der Waals surface area contributed by atoms with Gasteiger partial charge in [0.1, 0.15) is 0 Å². The number of rotatable bonds is 9. The average Bonchev–Trinajstić information content (AvgIpc) is 2.80. The molecule has 0 aromatic carbocycles. The van der Waals surface area contributed by atoms with E-state index in [4.69, 9.17) is 4.74 Å². The predicted octanol–water partition coefficient (Wildman–Crippen LogP) is 4.14. The van der Waals surface area contributed by atoms with Crippen LogP contribution in [0.4, 0.5) is 0 Å². The van der Waals surface area contributed by atoms with Gasteiger partial charge in [-0.1, -0.05) is 46.5 Å². The second-order valence-electron chi connectivity index (χ2n) is 5.88. The highest BCUT2D eigenvalue weighted by atomic mass is 16.5. The normalized spacial score (nSPS) is 27.3.